The third-order valence-corrected chi connectivity index (χ3v) is 6.27. The first-order chi connectivity index (χ1) is 17.3. The fourth-order valence-electron chi connectivity index (χ4n) is 3.51. The van der Waals surface area contributed by atoms with Crippen LogP contribution in [0.2, 0.25) is 0 Å². The molecule has 0 amide bonds. The van der Waals surface area contributed by atoms with E-state index in [9.17, 15) is 5.11 Å². The molecular formula is C35H60O2. The van der Waals surface area contributed by atoms with Gasteiger partial charge < -0.3 is 10.2 Å². The van der Waals surface area contributed by atoms with E-state index >= 15 is 0 Å². The van der Waals surface area contributed by atoms with Crippen molar-refractivity contribution in [1.82, 2.24) is 0 Å². The molecular weight excluding hydrogens is 452 g/mol. The first-order valence-electron chi connectivity index (χ1n) is 14.2. The summed E-state index contributed by atoms with van der Waals surface area (Å²) in [5, 5.41) is 18.4. The molecule has 0 saturated carbocycles. The predicted octanol–water partition coefficient (Wildman–Crippen LogP) is 10.5. The van der Waals surface area contributed by atoms with Gasteiger partial charge in [0.1, 0.15) is 0 Å². The second-order valence-corrected chi connectivity index (χ2v) is 11.2. The Hall–Kier alpha value is -1.90. The van der Waals surface area contributed by atoms with Crippen LogP contribution >= 0.6 is 0 Å². The standard InChI is InChI=1S/C25H42O.C10H18O/c1-21(2)11-9-14-23(4)16-10-15-22(3)12-7-8-13-24(5)17-18-25(6)19-20-26;1-5-10(4,11)8-6-7-9(2)3/h11-13,16,19,26H,7-10,14-15,17-18,20H2,1-6H3;5,7,11H,1,6,8H2,2-4H3/b22-12+,23-16+,24-13-,25-19-;. The number of rotatable bonds is 17. The van der Waals surface area contributed by atoms with E-state index in [0.29, 0.717) is 0 Å². The molecule has 0 rings (SSSR count). The zero-order valence-electron chi connectivity index (χ0n) is 25.9. The lowest BCUT2D eigenvalue weighted by Gasteiger charge is -2.16. The third kappa shape index (κ3) is 28.5. The second-order valence-electron chi connectivity index (χ2n) is 11.2. The molecule has 212 valence electrons. The van der Waals surface area contributed by atoms with Gasteiger partial charge in [-0.2, -0.15) is 0 Å². The van der Waals surface area contributed by atoms with E-state index in [-0.39, 0.29) is 6.61 Å². The van der Waals surface area contributed by atoms with E-state index in [1.165, 1.54) is 52.7 Å². The van der Waals surface area contributed by atoms with Crippen molar-refractivity contribution >= 4 is 0 Å². The summed E-state index contributed by atoms with van der Waals surface area (Å²) in [5.41, 5.74) is 7.76. The summed E-state index contributed by atoms with van der Waals surface area (Å²) in [6.45, 7) is 22.8. The molecule has 37 heavy (non-hydrogen) atoms. The van der Waals surface area contributed by atoms with Crippen molar-refractivity contribution in [3.05, 3.63) is 82.5 Å². The Morgan fingerprint density at radius 2 is 0.946 bits per heavy atom. The molecule has 0 heterocycles. The van der Waals surface area contributed by atoms with Crippen molar-refractivity contribution in [1.29, 1.82) is 0 Å². The minimum absolute atomic E-state index is 0.156. The summed E-state index contributed by atoms with van der Waals surface area (Å²) in [4.78, 5) is 0. The maximum Gasteiger partial charge on any atom is 0.0800 e. The van der Waals surface area contributed by atoms with Crippen LogP contribution < -0.4 is 0 Å². The van der Waals surface area contributed by atoms with Crippen molar-refractivity contribution < 1.29 is 10.2 Å². The lowest BCUT2D eigenvalue weighted by Crippen LogP contribution is -2.19. The highest BCUT2D eigenvalue weighted by atomic mass is 16.3. The fourth-order valence-corrected chi connectivity index (χ4v) is 3.51. The van der Waals surface area contributed by atoms with Crippen LogP contribution in [0.3, 0.4) is 0 Å². The van der Waals surface area contributed by atoms with Crippen LogP contribution in [-0.2, 0) is 0 Å². The van der Waals surface area contributed by atoms with E-state index in [4.69, 9.17) is 5.11 Å². The molecule has 0 spiro atoms. The largest absolute Gasteiger partial charge is 0.392 e. The van der Waals surface area contributed by atoms with Crippen LogP contribution in [0.15, 0.2) is 82.5 Å². The molecule has 0 fully saturated rings. The molecule has 0 aromatic heterocycles. The van der Waals surface area contributed by atoms with Crippen molar-refractivity contribution in [2.75, 3.05) is 6.61 Å². The fraction of sp³-hybridized carbons (Fsp3) is 0.600. The number of unbranched alkanes of at least 4 members (excludes halogenated alkanes) is 1. The Morgan fingerprint density at radius 1 is 0.568 bits per heavy atom. The summed E-state index contributed by atoms with van der Waals surface area (Å²) in [7, 11) is 0. The lowest BCUT2D eigenvalue weighted by atomic mass is 10.00. The smallest absolute Gasteiger partial charge is 0.0800 e. The van der Waals surface area contributed by atoms with Gasteiger partial charge in [-0.05, 0) is 127 Å². The molecule has 2 N–H and O–H groups in total. The Balaban J connectivity index is 0. The monoisotopic (exact) mass is 512 g/mol. The summed E-state index contributed by atoms with van der Waals surface area (Å²) < 4.78 is 0. The number of hydrogen-bond donors (Lipinski definition) is 2. The van der Waals surface area contributed by atoms with E-state index in [2.05, 4.69) is 92.3 Å². The van der Waals surface area contributed by atoms with E-state index in [0.717, 1.165) is 44.9 Å². The van der Waals surface area contributed by atoms with Gasteiger partial charge in [0.05, 0.1) is 12.2 Å². The Labute approximate surface area is 231 Å². The van der Waals surface area contributed by atoms with Gasteiger partial charge in [0, 0.05) is 0 Å². The number of aliphatic hydroxyl groups excluding tert-OH is 1. The first-order valence-corrected chi connectivity index (χ1v) is 14.2. The van der Waals surface area contributed by atoms with Crippen molar-refractivity contribution in [3.8, 4) is 0 Å². The van der Waals surface area contributed by atoms with Gasteiger partial charge >= 0.3 is 0 Å². The molecule has 0 aliphatic heterocycles. The van der Waals surface area contributed by atoms with Crippen LogP contribution in [0.4, 0.5) is 0 Å². The van der Waals surface area contributed by atoms with Gasteiger partial charge in [0.2, 0.25) is 0 Å². The van der Waals surface area contributed by atoms with Crippen LogP contribution in [0.5, 0.6) is 0 Å². The molecule has 0 aliphatic carbocycles. The first kappa shape index (κ1) is 37.3. The van der Waals surface area contributed by atoms with Crippen LogP contribution in [0.25, 0.3) is 0 Å². The quantitative estimate of drug-likeness (QED) is 0.150. The number of hydrogen-bond acceptors (Lipinski definition) is 2. The summed E-state index contributed by atoms with van der Waals surface area (Å²) >= 11 is 0. The Morgan fingerprint density at radius 3 is 1.38 bits per heavy atom. The highest BCUT2D eigenvalue weighted by Crippen LogP contribution is 2.15. The molecule has 0 aromatic rings. The molecule has 1 atom stereocenters. The highest BCUT2D eigenvalue weighted by molar-refractivity contribution is 5.08. The van der Waals surface area contributed by atoms with Gasteiger partial charge in [-0.15, -0.1) is 6.58 Å². The van der Waals surface area contributed by atoms with Crippen molar-refractivity contribution in [2.45, 2.75) is 132 Å². The normalized spacial score (nSPS) is 14.4. The molecule has 2 heteroatoms. The summed E-state index contributed by atoms with van der Waals surface area (Å²) in [6, 6.07) is 0. The highest BCUT2D eigenvalue weighted by Gasteiger charge is 2.12. The third-order valence-electron chi connectivity index (χ3n) is 6.27. The van der Waals surface area contributed by atoms with Crippen LogP contribution in [0.1, 0.15) is 127 Å². The lowest BCUT2D eigenvalue weighted by molar-refractivity contribution is 0.103. The van der Waals surface area contributed by atoms with E-state index < -0.39 is 5.60 Å². The molecule has 0 bridgehead atoms. The molecule has 0 saturated heterocycles. The topological polar surface area (TPSA) is 40.5 Å². The van der Waals surface area contributed by atoms with Crippen LogP contribution in [-0.4, -0.2) is 22.4 Å². The van der Waals surface area contributed by atoms with E-state index in [1.807, 2.05) is 6.08 Å². The van der Waals surface area contributed by atoms with Gasteiger partial charge in [-0.3, -0.25) is 0 Å². The SMILES string of the molecule is C=CC(C)(O)CCC=C(C)C.CC(C)=CCC/C(C)=C/CC/C(C)=C/CC/C=C(/C)CC/C(C)=C\CO. The number of aliphatic hydroxyl groups is 2. The van der Waals surface area contributed by atoms with Gasteiger partial charge in [0.25, 0.3) is 0 Å². The maximum atomic E-state index is 9.49. The van der Waals surface area contributed by atoms with Gasteiger partial charge in [-0.25, -0.2) is 0 Å². The molecule has 1 unspecified atom stereocenters. The Kier molecular flexibility index (Phi) is 23.4. The second kappa shape index (κ2) is 23.2. The van der Waals surface area contributed by atoms with Crippen LogP contribution in [0, 0.1) is 0 Å². The van der Waals surface area contributed by atoms with Crippen molar-refractivity contribution in [2.24, 2.45) is 0 Å². The zero-order chi connectivity index (χ0) is 28.7. The summed E-state index contributed by atoms with van der Waals surface area (Å²) in [5.74, 6) is 0. The molecule has 2 nitrogen and oxygen atoms in total. The minimum atomic E-state index is -0.702. The molecule has 0 radical (unpaired) electrons. The van der Waals surface area contributed by atoms with Gasteiger partial charge in [0.15, 0.2) is 0 Å². The Bertz CT molecular complexity index is 789. The summed E-state index contributed by atoms with van der Waals surface area (Å²) in [6.07, 6.45) is 25.9. The molecule has 0 aliphatic rings. The average molecular weight is 513 g/mol. The number of allylic oxidation sites excluding steroid dienone is 11. The minimum Gasteiger partial charge on any atom is -0.392 e. The maximum absolute atomic E-state index is 9.49. The average Bonchev–Trinajstić information content (AvgIpc) is 2.80. The van der Waals surface area contributed by atoms with Crippen molar-refractivity contribution in [3.63, 3.8) is 0 Å². The van der Waals surface area contributed by atoms with Gasteiger partial charge in [-0.1, -0.05) is 76.0 Å². The van der Waals surface area contributed by atoms with E-state index in [1.54, 1.807) is 13.0 Å². The zero-order valence-corrected chi connectivity index (χ0v) is 25.9. The predicted molar refractivity (Wildman–Crippen MR) is 168 cm³/mol. The molecule has 0 aromatic carbocycles.